The molecule has 0 aromatic carbocycles. The molecule has 0 saturated heterocycles. The van der Waals surface area contributed by atoms with Crippen molar-refractivity contribution < 1.29 is 9.84 Å². The highest BCUT2D eigenvalue weighted by Crippen LogP contribution is 2.31. The number of hydrogen-bond acceptors (Lipinski definition) is 3. The summed E-state index contributed by atoms with van der Waals surface area (Å²) in [6.45, 7) is 0.718. The summed E-state index contributed by atoms with van der Waals surface area (Å²) >= 11 is 4.90. The summed E-state index contributed by atoms with van der Waals surface area (Å²) in [5.74, 6) is 0.700. The third-order valence-electron chi connectivity index (χ3n) is 2.09. The molecule has 1 unspecified atom stereocenters. The van der Waals surface area contributed by atoms with Gasteiger partial charge in [0.1, 0.15) is 11.9 Å². The zero-order valence-corrected chi connectivity index (χ0v) is 9.97. The molecule has 0 bridgehead atoms. The van der Waals surface area contributed by atoms with E-state index in [2.05, 4.69) is 15.9 Å². The van der Waals surface area contributed by atoms with Crippen LogP contribution < -0.4 is 0 Å². The first-order valence-electron chi connectivity index (χ1n) is 4.52. The van der Waals surface area contributed by atoms with Crippen molar-refractivity contribution in [3.05, 3.63) is 32.6 Å². The predicted octanol–water partition coefficient (Wildman–Crippen LogP) is 3.24. The lowest BCUT2D eigenvalue weighted by Gasteiger charge is -2.18. The monoisotopic (exact) mass is 274 g/mol. The zero-order valence-electron chi connectivity index (χ0n) is 7.57. The molecule has 1 aliphatic heterocycles. The Labute approximate surface area is 95.3 Å². The van der Waals surface area contributed by atoms with E-state index >= 15 is 0 Å². The highest BCUT2D eigenvalue weighted by atomic mass is 79.9. The fourth-order valence-corrected chi connectivity index (χ4v) is 2.81. The van der Waals surface area contributed by atoms with E-state index in [1.165, 1.54) is 11.3 Å². The molecule has 1 aromatic heterocycles. The minimum absolute atomic E-state index is 0.591. The van der Waals surface area contributed by atoms with Gasteiger partial charge in [-0.1, -0.05) is 0 Å². The molecule has 0 fully saturated rings. The summed E-state index contributed by atoms with van der Waals surface area (Å²) in [5, 5.41) is 11.9. The SMILES string of the molecule is OC(C1=CCCCO1)c1cc(Br)cs1. The molecule has 1 N–H and O–H groups in total. The molecule has 0 radical (unpaired) electrons. The zero-order chi connectivity index (χ0) is 9.97. The van der Waals surface area contributed by atoms with E-state index in [1.54, 1.807) is 0 Å². The molecule has 0 saturated carbocycles. The van der Waals surface area contributed by atoms with E-state index in [4.69, 9.17) is 4.74 Å². The van der Waals surface area contributed by atoms with Gasteiger partial charge in [0.15, 0.2) is 0 Å². The second-order valence-electron chi connectivity index (χ2n) is 3.17. The van der Waals surface area contributed by atoms with Crippen LogP contribution in [0.3, 0.4) is 0 Å². The van der Waals surface area contributed by atoms with E-state index in [-0.39, 0.29) is 0 Å². The van der Waals surface area contributed by atoms with Gasteiger partial charge in [-0.25, -0.2) is 0 Å². The summed E-state index contributed by atoms with van der Waals surface area (Å²) < 4.78 is 6.41. The van der Waals surface area contributed by atoms with E-state index < -0.39 is 6.10 Å². The van der Waals surface area contributed by atoms with Crippen LogP contribution in [-0.2, 0) is 4.74 Å². The van der Waals surface area contributed by atoms with Gasteiger partial charge in [-0.15, -0.1) is 11.3 Å². The normalized spacial score (nSPS) is 18.6. The standard InChI is InChI=1S/C10H11BrO2S/c11-7-5-9(14-6-7)10(12)8-3-1-2-4-13-8/h3,5-6,10,12H,1-2,4H2. The number of allylic oxidation sites excluding steroid dienone is 1. The molecule has 1 atom stereocenters. The molecular weight excluding hydrogens is 264 g/mol. The number of aliphatic hydroxyl groups excluding tert-OH is 1. The predicted molar refractivity (Wildman–Crippen MR) is 60.2 cm³/mol. The van der Waals surface area contributed by atoms with Crippen LogP contribution in [0.15, 0.2) is 27.8 Å². The van der Waals surface area contributed by atoms with Crippen LogP contribution in [0.2, 0.25) is 0 Å². The Balaban J connectivity index is 2.14. The lowest BCUT2D eigenvalue weighted by atomic mass is 10.1. The number of thiophene rings is 1. The average Bonchev–Trinajstić information content (AvgIpc) is 2.65. The van der Waals surface area contributed by atoms with Crippen LogP contribution in [-0.4, -0.2) is 11.7 Å². The summed E-state index contributed by atoms with van der Waals surface area (Å²) in [4.78, 5) is 0.921. The molecule has 0 amide bonds. The first-order chi connectivity index (χ1) is 6.77. The molecule has 14 heavy (non-hydrogen) atoms. The maximum atomic E-state index is 9.95. The third kappa shape index (κ3) is 2.19. The molecule has 1 aromatic rings. The van der Waals surface area contributed by atoms with Crippen molar-refractivity contribution in [2.24, 2.45) is 0 Å². The smallest absolute Gasteiger partial charge is 0.145 e. The second-order valence-corrected chi connectivity index (χ2v) is 5.03. The number of ether oxygens (including phenoxy) is 1. The quantitative estimate of drug-likeness (QED) is 0.897. The highest BCUT2D eigenvalue weighted by Gasteiger charge is 2.18. The van der Waals surface area contributed by atoms with Gasteiger partial charge in [0, 0.05) is 14.7 Å². The summed E-state index contributed by atoms with van der Waals surface area (Å²) in [7, 11) is 0. The third-order valence-corrected chi connectivity index (χ3v) is 3.84. The average molecular weight is 275 g/mol. The van der Waals surface area contributed by atoms with Crippen molar-refractivity contribution in [3.63, 3.8) is 0 Å². The Morgan fingerprint density at radius 3 is 3.00 bits per heavy atom. The number of aliphatic hydroxyl groups is 1. The van der Waals surface area contributed by atoms with Crippen molar-refractivity contribution in [1.29, 1.82) is 0 Å². The van der Waals surface area contributed by atoms with Gasteiger partial charge in [0.05, 0.1) is 6.61 Å². The highest BCUT2D eigenvalue weighted by molar-refractivity contribution is 9.10. The maximum Gasteiger partial charge on any atom is 0.145 e. The van der Waals surface area contributed by atoms with Gasteiger partial charge in [0.2, 0.25) is 0 Å². The Bertz CT molecular complexity index is 346. The van der Waals surface area contributed by atoms with Crippen LogP contribution >= 0.6 is 27.3 Å². The lowest BCUT2D eigenvalue weighted by molar-refractivity contribution is 0.0937. The van der Waals surface area contributed by atoms with Gasteiger partial charge < -0.3 is 9.84 Å². The summed E-state index contributed by atoms with van der Waals surface area (Å²) in [6.07, 6.45) is 3.43. The van der Waals surface area contributed by atoms with E-state index in [0.717, 1.165) is 28.8 Å². The van der Waals surface area contributed by atoms with Crippen molar-refractivity contribution >= 4 is 27.3 Å². The van der Waals surface area contributed by atoms with Gasteiger partial charge in [0.25, 0.3) is 0 Å². The molecule has 4 heteroatoms. The molecule has 2 rings (SSSR count). The summed E-state index contributed by atoms with van der Waals surface area (Å²) in [6, 6.07) is 1.92. The largest absolute Gasteiger partial charge is 0.495 e. The van der Waals surface area contributed by atoms with Crippen molar-refractivity contribution in [1.82, 2.24) is 0 Å². The molecule has 76 valence electrons. The molecule has 1 aliphatic rings. The van der Waals surface area contributed by atoms with E-state index in [1.807, 2.05) is 17.5 Å². The Morgan fingerprint density at radius 2 is 2.43 bits per heavy atom. The topological polar surface area (TPSA) is 29.5 Å². The van der Waals surface area contributed by atoms with Gasteiger partial charge in [-0.3, -0.25) is 0 Å². The minimum Gasteiger partial charge on any atom is -0.495 e. The Kier molecular flexibility index (Phi) is 3.26. The van der Waals surface area contributed by atoms with E-state index in [0.29, 0.717) is 5.76 Å². The van der Waals surface area contributed by atoms with Crippen molar-refractivity contribution in [2.45, 2.75) is 18.9 Å². The number of halogens is 1. The van der Waals surface area contributed by atoms with Gasteiger partial charge >= 0.3 is 0 Å². The first-order valence-corrected chi connectivity index (χ1v) is 6.19. The molecule has 0 aliphatic carbocycles. The molecule has 2 nitrogen and oxygen atoms in total. The number of hydrogen-bond donors (Lipinski definition) is 1. The van der Waals surface area contributed by atoms with Crippen molar-refractivity contribution in [3.8, 4) is 0 Å². The van der Waals surface area contributed by atoms with Gasteiger partial charge in [-0.05, 0) is 40.9 Å². The lowest BCUT2D eigenvalue weighted by Crippen LogP contribution is -2.08. The minimum atomic E-state index is -0.591. The Hall–Kier alpha value is -0.320. The maximum absolute atomic E-state index is 9.95. The second kappa shape index (κ2) is 4.47. The van der Waals surface area contributed by atoms with Crippen LogP contribution in [0.5, 0.6) is 0 Å². The fraction of sp³-hybridized carbons (Fsp3) is 0.400. The van der Waals surface area contributed by atoms with E-state index in [9.17, 15) is 5.11 Å². The molecule has 0 spiro atoms. The molecule has 2 heterocycles. The summed E-state index contributed by atoms with van der Waals surface area (Å²) in [5.41, 5.74) is 0. The number of rotatable bonds is 2. The van der Waals surface area contributed by atoms with Crippen LogP contribution in [0, 0.1) is 0 Å². The first kappa shape index (κ1) is 10.2. The molecular formula is C10H11BrO2S. The van der Waals surface area contributed by atoms with Crippen LogP contribution in [0.1, 0.15) is 23.8 Å². The van der Waals surface area contributed by atoms with Crippen molar-refractivity contribution in [2.75, 3.05) is 6.61 Å². The fourth-order valence-electron chi connectivity index (χ4n) is 1.38. The van der Waals surface area contributed by atoms with Crippen LogP contribution in [0.4, 0.5) is 0 Å². The van der Waals surface area contributed by atoms with Gasteiger partial charge in [-0.2, -0.15) is 0 Å². The Morgan fingerprint density at radius 1 is 1.57 bits per heavy atom. The van der Waals surface area contributed by atoms with Crippen LogP contribution in [0.25, 0.3) is 0 Å².